The third-order valence-corrected chi connectivity index (χ3v) is 6.76. The Balaban J connectivity index is 1.73. The highest BCUT2D eigenvalue weighted by atomic mass is 35.5. The van der Waals surface area contributed by atoms with Gasteiger partial charge in [0.25, 0.3) is 0 Å². The lowest BCUT2D eigenvalue weighted by Crippen LogP contribution is -2.15. The molecule has 0 atom stereocenters. The number of alkyl halides is 4. The van der Waals surface area contributed by atoms with Crippen LogP contribution in [0.4, 0.5) is 23.7 Å². The van der Waals surface area contributed by atoms with Gasteiger partial charge in [0.2, 0.25) is 0 Å². The Bertz CT molecular complexity index is 1320. The van der Waals surface area contributed by atoms with Crippen LogP contribution in [0.15, 0.2) is 53.9 Å². The molecule has 0 aliphatic carbocycles. The molecule has 4 rings (SSSR count). The van der Waals surface area contributed by atoms with Gasteiger partial charge in [0.05, 0.1) is 26.7 Å². The molecule has 11 heteroatoms. The zero-order valence-electron chi connectivity index (χ0n) is 16.6. The first-order valence-electron chi connectivity index (χ1n) is 9.43. The highest BCUT2D eigenvalue weighted by molar-refractivity contribution is 7.21. The van der Waals surface area contributed by atoms with Crippen LogP contribution in [0.2, 0.25) is 0 Å². The first kappa shape index (κ1) is 23.2. The smallest absolute Gasteiger partial charge is 0.416 e. The number of pyridine rings is 1. The number of carbonyl (C=O) groups is 2. The molecule has 0 fully saturated rings. The maximum atomic E-state index is 13.1. The van der Waals surface area contributed by atoms with Crippen LogP contribution in [-0.2, 0) is 17.3 Å². The summed E-state index contributed by atoms with van der Waals surface area (Å²) in [7, 11) is 0. The third kappa shape index (κ3) is 5.18. The number of hydrogen-bond donors (Lipinski definition) is 1. The lowest BCUT2D eigenvalue weighted by atomic mass is 10.0. The van der Waals surface area contributed by atoms with Crippen LogP contribution in [0.1, 0.15) is 20.8 Å². The first-order chi connectivity index (χ1) is 15.8. The second-order valence-electron chi connectivity index (χ2n) is 6.80. The number of nitrogens with one attached hydrogen (secondary N) is 1. The number of thiophene rings is 2. The van der Waals surface area contributed by atoms with Crippen molar-refractivity contribution in [1.29, 1.82) is 0 Å². The van der Waals surface area contributed by atoms with Gasteiger partial charge in [-0.3, -0.25) is 10.1 Å². The van der Waals surface area contributed by atoms with Crippen molar-refractivity contribution >= 4 is 62.1 Å². The summed E-state index contributed by atoms with van der Waals surface area (Å²) >= 11 is 8.00. The number of carbonyl (C=O) groups excluding carboxylic acids is 2. The number of ether oxygens (including phenoxy) is 1. The molecule has 0 saturated carbocycles. The Labute approximate surface area is 198 Å². The molecule has 0 spiro atoms. The highest BCUT2D eigenvalue weighted by Crippen LogP contribution is 2.38. The number of halogens is 4. The average molecular weight is 511 g/mol. The maximum absolute atomic E-state index is 13.1. The van der Waals surface area contributed by atoms with Gasteiger partial charge in [0.15, 0.2) is 11.8 Å². The molecule has 0 unspecified atom stereocenters. The number of hydrogen-bond acceptors (Lipinski definition) is 6. The monoisotopic (exact) mass is 510 g/mol. The van der Waals surface area contributed by atoms with Gasteiger partial charge in [-0.15, -0.1) is 22.7 Å². The molecule has 0 aliphatic rings. The summed E-state index contributed by atoms with van der Waals surface area (Å²) in [6.45, 7) is 0. The molecule has 1 N–H and O–H groups in total. The normalized spacial score (nSPS) is 11.5. The van der Waals surface area contributed by atoms with Gasteiger partial charge in [-0.25, -0.2) is 9.78 Å². The van der Waals surface area contributed by atoms with Gasteiger partial charge < -0.3 is 4.74 Å². The summed E-state index contributed by atoms with van der Waals surface area (Å²) in [5, 5.41) is 4.94. The largest absolute Gasteiger partial charge is 0.433 e. The van der Waals surface area contributed by atoms with Crippen LogP contribution in [0.25, 0.3) is 20.8 Å². The van der Waals surface area contributed by atoms with Crippen molar-refractivity contribution in [3.8, 4) is 10.6 Å². The number of anilines is 1. The average Bonchev–Trinajstić information content (AvgIpc) is 3.42. The predicted octanol–water partition coefficient (Wildman–Crippen LogP) is 7.21. The van der Waals surface area contributed by atoms with Crippen LogP contribution >= 0.6 is 34.3 Å². The van der Waals surface area contributed by atoms with Crippen LogP contribution in [-0.4, -0.2) is 22.9 Å². The van der Waals surface area contributed by atoms with E-state index in [2.05, 4.69) is 10.3 Å². The van der Waals surface area contributed by atoms with Crippen molar-refractivity contribution in [2.45, 2.75) is 12.6 Å². The van der Waals surface area contributed by atoms with Crippen LogP contribution in [0.3, 0.4) is 0 Å². The second kappa shape index (κ2) is 9.50. The molecule has 0 bridgehead atoms. The van der Waals surface area contributed by atoms with Crippen molar-refractivity contribution in [3.63, 3.8) is 0 Å². The van der Waals surface area contributed by atoms with Crippen molar-refractivity contribution in [3.05, 3.63) is 69.9 Å². The van der Waals surface area contributed by atoms with E-state index in [-0.39, 0.29) is 28.6 Å². The summed E-state index contributed by atoms with van der Waals surface area (Å²) in [5.41, 5.74) is 0.252. The summed E-state index contributed by atoms with van der Waals surface area (Å²) in [6, 6.07) is 11.5. The minimum absolute atomic E-state index is 0.157. The van der Waals surface area contributed by atoms with E-state index in [1.165, 1.54) is 23.5 Å². The van der Waals surface area contributed by atoms with Gasteiger partial charge in [-0.1, -0.05) is 35.9 Å². The number of amides is 1. The summed E-state index contributed by atoms with van der Waals surface area (Å²) in [5.74, 6) is -0.462. The fraction of sp³-hybridized carbons (Fsp3) is 0.136. The SMILES string of the molecule is O=C(Nc1c(C(=O)Cc2cccc(C(F)(F)F)c2)sc2nc(-c3cccs3)ccc12)OCCl. The van der Waals surface area contributed by atoms with Gasteiger partial charge in [-0.05, 0) is 35.2 Å². The van der Waals surface area contributed by atoms with Crippen molar-refractivity contribution < 1.29 is 27.5 Å². The molecule has 0 aliphatic heterocycles. The van der Waals surface area contributed by atoms with Crippen molar-refractivity contribution in [1.82, 2.24) is 4.98 Å². The molecule has 4 aromatic rings. The molecule has 0 radical (unpaired) electrons. The maximum Gasteiger partial charge on any atom is 0.416 e. The number of nitrogens with zero attached hydrogens (tertiary/aromatic N) is 1. The first-order valence-corrected chi connectivity index (χ1v) is 11.7. The predicted molar refractivity (Wildman–Crippen MR) is 123 cm³/mol. The molecule has 3 heterocycles. The fourth-order valence-corrected chi connectivity index (χ4v) is 5.03. The van der Waals surface area contributed by atoms with Crippen LogP contribution < -0.4 is 5.32 Å². The van der Waals surface area contributed by atoms with E-state index in [9.17, 15) is 22.8 Å². The number of rotatable bonds is 6. The molecular weight excluding hydrogens is 497 g/mol. The summed E-state index contributed by atoms with van der Waals surface area (Å²) < 4.78 is 43.8. The second-order valence-corrected chi connectivity index (χ2v) is 8.96. The molecule has 1 aromatic carbocycles. The number of ketones is 1. The minimum Gasteiger partial charge on any atom is -0.433 e. The Morgan fingerprint density at radius 3 is 2.64 bits per heavy atom. The van der Waals surface area contributed by atoms with E-state index < -0.39 is 23.6 Å². The van der Waals surface area contributed by atoms with E-state index in [0.29, 0.717) is 15.9 Å². The van der Waals surface area contributed by atoms with Crippen LogP contribution in [0.5, 0.6) is 0 Å². The van der Waals surface area contributed by atoms with E-state index in [4.69, 9.17) is 16.3 Å². The van der Waals surface area contributed by atoms with E-state index >= 15 is 0 Å². The van der Waals surface area contributed by atoms with E-state index in [1.54, 1.807) is 12.1 Å². The molecule has 3 aromatic heterocycles. The zero-order valence-corrected chi connectivity index (χ0v) is 19.0. The molecule has 1 amide bonds. The Morgan fingerprint density at radius 2 is 1.94 bits per heavy atom. The number of aromatic nitrogens is 1. The lowest BCUT2D eigenvalue weighted by molar-refractivity contribution is -0.137. The van der Waals surface area contributed by atoms with Gasteiger partial charge >= 0.3 is 12.3 Å². The summed E-state index contributed by atoms with van der Waals surface area (Å²) in [6.07, 6.45) is -5.66. The summed E-state index contributed by atoms with van der Waals surface area (Å²) in [4.78, 5) is 31.3. The van der Waals surface area contributed by atoms with Crippen molar-refractivity contribution in [2.24, 2.45) is 0 Å². The number of fused-ring (bicyclic) bond motifs is 1. The topological polar surface area (TPSA) is 68.3 Å². The molecule has 0 saturated heterocycles. The van der Waals surface area contributed by atoms with Gasteiger partial charge in [-0.2, -0.15) is 13.2 Å². The molecule has 170 valence electrons. The molecule has 5 nitrogen and oxygen atoms in total. The Hall–Kier alpha value is -2.95. The van der Waals surface area contributed by atoms with Crippen molar-refractivity contribution in [2.75, 3.05) is 11.4 Å². The third-order valence-electron chi connectivity index (χ3n) is 4.61. The Kier molecular flexibility index (Phi) is 6.68. The zero-order chi connectivity index (χ0) is 23.6. The number of Topliss-reactive ketones (excluding diaryl/α,β-unsaturated/α-hetero) is 1. The van der Waals surface area contributed by atoms with E-state index in [1.807, 2.05) is 17.5 Å². The minimum atomic E-state index is -4.52. The lowest BCUT2D eigenvalue weighted by Gasteiger charge is -2.09. The Morgan fingerprint density at radius 1 is 1.12 bits per heavy atom. The van der Waals surface area contributed by atoms with Gasteiger partial charge in [0, 0.05) is 11.8 Å². The molecule has 33 heavy (non-hydrogen) atoms. The highest BCUT2D eigenvalue weighted by Gasteiger charge is 2.30. The quantitative estimate of drug-likeness (QED) is 0.220. The van der Waals surface area contributed by atoms with Gasteiger partial charge in [0.1, 0.15) is 4.83 Å². The molecular formula is C22H14ClF3N2O3S2. The fourth-order valence-electron chi connectivity index (χ4n) is 3.17. The standard InChI is InChI=1S/C22H14ClF3N2O3S2/c23-11-31-21(30)28-18-14-6-7-15(17-5-2-8-32-17)27-20(14)33-19(18)16(29)10-12-3-1-4-13(9-12)22(24,25)26/h1-9H,10-11H2,(H,28,30). The van der Waals surface area contributed by atoms with E-state index in [0.717, 1.165) is 28.3 Å². The number of benzene rings is 1. The van der Waals surface area contributed by atoms with Crippen LogP contribution in [0, 0.1) is 0 Å².